The molecule has 2 aromatic rings. The SMILES string of the molecule is O=C(NSc1ccccc1)c1ccc(NC(=O)C2NCCC2C2CCCCC2)cc1F. The van der Waals surface area contributed by atoms with E-state index < -0.39 is 11.7 Å². The maximum atomic E-state index is 14.6. The molecule has 31 heavy (non-hydrogen) atoms. The van der Waals surface area contributed by atoms with Crippen molar-refractivity contribution in [1.82, 2.24) is 10.0 Å². The molecule has 0 radical (unpaired) electrons. The van der Waals surface area contributed by atoms with Crippen LogP contribution in [-0.2, 0) is 4.79 Å². The largest absolute Gasteiger partial charge is 0.325 e. The van der Waals surface area contributed by atoms with Gasteiger partial charge in [0, 0.05) is 10.6 Å². The van der Waals surface area contributed by atoms with Gasteiger partial charge in [0.25, 0.3) is 5.91 Å². The van der Waals surface area contributed by atoms with Gasteiger partial charge < -0.3 is 10.6 Å². The Bertz CT molecular complexity index is 918. The number of hydrogen-bond donors (Lipinski definition) is 3. The van der Waals surface area contributed by atoms with Gasteiger partial charge in [0.05, 0.1) is 11.6 Å². The number of halogens is 1. The second kappa shape index (κ2) is 10.3. The van der Waals surface area contributed by atoms with E-state index in [2.05, 4.69) is 15.4 Å². The van der Waals surface area contributed by atoms with Crippen molar-refractivity contribution >= 4 is 29.4 Å². The summed E-state index contributed by atoms with van der Waals surface area (Å²) in [7, 11) is 0. The summed E-state index contributed by atoms with van der Waals surface area (Å²) in [6.45, 7) is 0.839. The molecule has 0 spiro atoms. The van der Waals surface area contributed by atoms with Gasteiger partial charge in [-0.15, -0.1) is 0 Å². The van der Waals surface area contributed by atoms with Gasteiger partial charge in [0.1, 0.15) is 5.82 Å². The van der Waals surface area contributed by atoms with Crippen LogP contribution in [0.25, 0.3) is 0 Å². The molecule has 164 valence electrons. The average Bonchev–Trinajstić information content (AvgIpc) is 3.29. The Morgan fingerprint density at radius 2 is 1.77 bits per heavy atom. The molecular weight excluding hydrogens is 413 g/mol. The molecule has 0 bridgehead atoms. The fraction of sp³-hybridized carbons (Fsp3) is 0.417. The molecule has 7 heteroatoms. The van der Waals surface area contributed by atoms with E-state index in [9.17, 15) is 14.0 Å². The number of hydrogen-bond acceptors (Lipinski definition) is 4. The van der Waals surface area contributed by atoms with Gasteiger partial charge in [-0.3, -0.25) is 14.3 Å². The van der Waals surface area contributed by atoms with Crippen molar-refractivity contribution in [3.8, 4) is 0 Å². The van der Waals surface area contributed by atoms with E-state index in [1.54, 1.807) is 6.07 Å². The number of anilines is 1. The molecule has 1 aliphatic heterocycles. The first-order chi connectivity index (χ1) is 15.1. The van der Waals surface area contributed by atoms with Crippen LogP contribution in [0.5, 0.6) is 0 Å². The van der Waals surface area contributed by atoms with E-state index in [4.69, 9.17) is 0 Å². The first kappa shape index (κ1) is 21.8. The fourth-order valence-electron chi connectivity index (χ4n) is 4.73. The summed E-state index contributed by atoms with van der Waals surface area (Å²) in [6.07, 6.45) is 7.16. The summed E-state index contributed by atoms with van der Waals surface area (Å²) in [6, 6.07) is 13.3. The molecule has 4 rings (SSSR count). The molecule has 2 unspecified atom stereocenters. The van der Waals surface area contributed by atoms with Gasteiger partial charge >= 0.3 is 0 Å². The molecule has 2 amide bonds. The van der Waals surface area contributed by atoms with Crippen molar-refractivity contribution in [3.63, 3.8) is 0 Å². The van der Waals surface area contributed by atoms with Gasteiger partial charge in [-0.05, 0) is 67.1 Å². The van der Waals surface area contributed by atoms with E-state index in [1.165, 1.54) is 44.2 Å². The number of amides is 2. The van der Waals surface area contributed by atoms with Crippen molar-refractivity contribution in [1.29, 1.82) is 0 Å². The number of nitrogens with one attached hydrogen (secondary N) is 3. The highest BCUT2D eigenvalue weighted by atomic mass is 32.2. The Balaban J connectivity index is 1.36. The Hall–Kier alpha value is -2.38. The maximum Gasteiger partial charge on any atom is 0.264 e. The van der Waals surface area contributed by atoms with Crippen LogP contribution in [0.2, 0.25) is 0 Å². The molecule has 1 saturated heterocycles. The van der Waals surface area contributed by atoms with Crippen LogP contribution < -0.4 is 15.4 Å². The molecule has 2 fully saturated rings. The second-order valence-corrected chi connectivity index (χ2v) is 9.19. The van der Waals surface area contributed by atoms with Crippen LogP contribution in [0.1, 0.15) is 48.9 Å². The standard InChI is InChI=1S/C24H28FN3O2S/c25-21-15-17(11-12-20(21)23(29)28-31-18-9-5-2-6-10-18)27-24(30)22-19(13-14-26-22)16-7-3-1-4-8-16/h2,5-6,9-12,15-16,19,22,26H,1,3-4,7-8,13-14H2,(H,27,30)(H,28,29). The summed E-state index contributed by atoms with van der Waals surface area (Å²) < 4.78 is 17.2. The smallest absolute Gasteiger partial charge is 0.264 e. The van der Waals surface area contributed by atoms with E-state index >= 15 is 0 Å². The number of benzene rings is 2. The van der Waals surface area contributed by atoms with Gasteiger partial charge in [0.15, 0.2) is 0 Å². The van der Waals surface area contributed by atoms with E-state index in [0.717, 1.165) is 29.8 Å². The summed E-state index contributed by atoms with van der Waals surface area (Å²) in [5.74, 6) is -0.370. The number of carbonyl (C=O) groups is 2. The molecule has 1 saturated carbocycles. The normalized spacial score (nSPS) is 21.6. The molecule has 5 nitrogen and oxygen atoms in total. The molecule has 2 aliphatic rings. The monoisotopic (exact) mass is 441 g/mol. The number of rotatable bonds is 6. The van der Waals surface area contributed by atoms with Crippen LogP contribution in [0.3, 0.4) is 0 Å². The highest BCUT2D eigenvalue weighted by Gasteiger charge is 2.38. The second-order valence-electron chi connectivity index (χ2n) is 8.31. The lowest BCUT2D eigenvalue weighted by molar-refractivity contribution is -0.119. The Morgan fingerprint density at radius 1 is 1.00 bits per heavy atom. The van der Waals surface area contributed by atoms with Crippen LogP contribution in [0.15, 0.2) is 53.4 Å². The highest BCUT2D eigenvalue weighted by Crippen LogP contribution is 2.36. The van der Waals surface area contributed by atoms with Gasteiger partial charge in [-0.1, -0.05) is 50.3 Å². The minimum atomic E-state index is -0.660. The molecule has 2 atom stereocenters. The van der Waals surface area contributed by atoms with Crippen molar-refractivity contribution < 1.29 is 14.0 Å². The van der Waals surface area contributed by atoms with Crippen LogP contribution in [-0.4, -0.2) is 24.4 Å². The third-order valence-corrected chi connectivity index (χ3v) is 7.09. The van der Waals surface area contributed by atoms with Gasteiger partial charge in [-0.2, -0.15) is 0 Å². The summed E-state index contributed by atoms with van der Waals surface area (Å²) >= 11 is 1.13. The zero-order chi connectivity index (χ0) is 21.6. The lowest BCUT2D eigenvalue weighted by atomic mass is 9.76. The highest BCUT2D eigenvalue weighted by molar-refractivity contribution is 7.98. The topological polar surface area (TPSA) is 70.2 Å². The predicted molar refractivity (Wildman–Crippen MR) is 121 cm³/mol. The van der Waals surface area contributed by atoms with Crippen molar-refractivity contribution in [2.24, 2.45) is 11.8 Å². The quantitative estimate of drug-likeness (QED) is 0.566. The van der Waals surface area contributed by atoms with Crippen LogP contribution >= 0.6 is 11.9 Å². The zero-order valence-electron chi connectivity index (χ0n) is 17.4. The average molecular weight is 442 g/mol. The van der Waals surface area contributed by atoms with E-state index in [-0.39, 0.29) is 17.5 Å². The third kappa shape index (κ3) is 5.46. The molecule has 0 aromatic heterocycles. The predicted octanol–water partition coefficient (Wildman–Crippen LogP) is 4.76. The van der Waals surface area contributed by atoms with Gasteiger partial charge in [-0.25, -0.2) is 4.39 Å². The minimum absolute atomic E-state index is 0.0551. The third-order valence-electron chi connectivity index (χ3n) is 6.29. The Labute approximate surface area is 186 Å². The first-order valence-electron chi connectivity index (χ1n) is 11.0. The molecule has 3 N–H and O–H groups in total. The summed E-state index contributed by atoms with van der Waals surface area (Å²) in [5, 5.41) is 6.17. The molecule has 1 heterocycles. The molecular formula is C24H28FN3O2S. The van der Waals surface area contributed by atoms with E-state index in [0.29, 0.717) is 17.5 Å². The zero-order valence-corrected chi connectivity index (χ0v) is 18.2. The Kier molecular flexibility index (Phi) is 7.25. The lowest BCUT2D eigenvalue weighted by Gasteiger charge is -2.30. The van der Waals surface area contributed by atoms with Crippen LogP contribution in [0, 0.1) is 17.7 Å². The molecule has 1 aliphatic carbocycles. The summed E-state index contributed by atoms with van der Waals surface area (Å²) in [5.41, 5.74) is 0.311. The van der Waals surface area contributed by atoms with E-state index in [1.807, 2.05) is 30.3 Å². The Morgan fingerprint density at radius 3 is 2.52 bits per heavy atom. The fourth-order valence-corrected chi connectivity index (χ4v) is 5.34. The van der Waals surface area contributed by atoms with Crippen molar-refractivity contribution in [3.05, 3.63) is 59.9 Å². The minimum Gasteiger partial charge on any atom is -0.325 e. The summed E-state index contributed by atoms with van der Waals surface area (Å²) in [4.78, 5) is 26.1. The lowest BCUT2D eigenvalue weighted by Crippen LogP contribution is -2.42. The van der Waals surface area contributed by atoms with Crippen molar-refractivity contribution in [2.75, 3.05) is 11.9 Å². The maximum absolute atomic E-state index is 14.6. The number of carbonyl (C=O) groups excluding carboxylic acids is 2. The van der Waals surface area contributed by atoms with Crippen LogP contribution in [0.4, 0.5) is 10.1 Å². The van der Waals surface area contributed by atoms with Gasteiger partial charge in [0.2, 0.25) is 5.91 Å². The molecule has 2 aromatic carbocycles. The first-order valence-corrected chi connectivity index (χ1v) is 11.8. The van der Waals surface area contributed by atoms with Crippen molar-refractivity contribution in [2.45, 2.75) is 49.5 Å².